The van der Waals surface area contributed by atoms with Gasteiger partial charge in [-0.15, -0.1) is 0 Å². The number of fused-ring (bicyclic) bond motifs is 2. The largest absolute Gasteiger partial charge is 0.338 e. The van der Waals surface area contributed by atoms with Crippen LogP contribution < -0.4 is 0 Å². The van der Waals surface area contributed by atoms with Crippen LogP contribution in [-0.2, 0) is 0 Å². The van der Waals surface area contributed by atoms with Gasteiger partial charge in [0.25, 0.3) is 0 Å². The van der Waals surface area contributed by atoms with E-state index in [-0.39, 0.29) is 0 Å². The molecule has 0 unspecified atom stereocenters. The minimum absolute atomic E-state index is 0.733. The summed E-state index contributed by atoms with van der Waals surface area (Å²) >= 11 is 0. The molecule has 2 N–H and O–H groups in total. The predicted octanol–water partition coefficient (Wildman–Crippen LogP) is 4.93. The highest BCUT2D eigenvalue weighted by molar-refractivity contribution is 5.99. The van der Waals surface area contributed by atoms with Crippen LogP contribution in [0.25, 0.3) is 55.8 Å². The molecule has 6 aromatic rings. The molecule has 6 rings (SSSR count). The Kier molecular flexibility index (Phi) is 3.86. The maximum absolute atomic E-state index is 4.58. The first kappa shape index (κ1) is 17.5. The van der Waals surface area contributed by atoms with Gasteiger partial charge in [-0.25, -0.2) is 9.97 Å². The van der Waals surface area contributed by atoms with E-state index < -0.39 is 0 Å². The fraction of sp³-hybridized carbons (Fsp3) is 0.0417. The molecular formula is C24H17N7. The number of hydrogen-bond acceptors (Lipinski definition) is 5. The lowest BCUT2D eigenvalue weighted by molar-refractivity contribution is 1.10. The summed E-state index contributed by atoms with van der Waals surface area (Å²) in [6, 6.07) is 14.0. The number of aromatic nitrogens is 7. The number of nitrogens with one attached hydrogen (secondary N) is 2. The SMILES string of the molecule is Cc1ccncc1-c1cnc2[nH]nc(-c3cc4c(-c5ccccn5)ccnc4[nH]3)c2c1. The van der Waals surface area contributed by atoms with Crippen molar-refractivity contribution in [2.24, 2.45) is 0 Å². The van der Waals surface area contributed by atoms with Gasteiger partial charge in [0, 0.05) is 58.4 Å². The van der Waals surface area contributed by atoms with Crippen molar-refractivity contribution in [3.05, 3.63) is 79.0 Å². The van der Waals surface area contributed by atoms with Gasteiger partial charge < -0.3 is 4.98 Å². The van der Waals surface area contributed by atoms with E-state index in [1.807, 2.05) is 42.7 Å². The molecule has 0 aromatic carbocycles. The molecule has 31 heavy (non-hydrogen) atoms. The molecule has 6 heterocycles. The maximum Gasteiger partial charge on any atom is 0.155 e. The number of aryl methyl sites for hydroxylation is 1. The van der Waals surface area contributed by atoms with Crippen LogP contribution >= 0.6 is 0 Å². The second kappa shape index (κ2) is 6.84. The maximum atomic E-state index is 4.58. The smallest absolute Gasteiger partial charge is 0.155 e. The third kappa shape index (κ3) is 2.86. The molecule has 7 heteroatoms. The van der Waals surface area contributed by atoms with Gasteiger partial charge in [-0.05, 0) is 48.9 Å². The summed E-state index contributed by atoms with van der Waals surface area (Å²) in [4.78, 5) is 21.3. The van der Waals surface area contributed by atoms with Crippen LogP contribution in [0, 0.1) is 6.92 Å². The van der Waals surface area contributed by atoms with Gasteiger partial charge in [0.15, 0.2) is 5.65 Å². The first-order valence-electron chi connectivity index (χ1n) is 9.92. The van der Waals surface area contributed by atoms with Gasteiger partial charge in [0.2, 0.25) is 0 Å². The van der Waals surface area contributed by atoms with E-state index in [1.165, 1.54) is 0 Å². The average Bonchev–Trinajstić information content (AvgIpc) is 3.43. The van der Waals surface area contributed by atoms with Crippen molar-refractivity contribution < 1.29 is 0 Å². The highest BCUT2D eigenvalue weighted by Crippen LogP contribution is 2.33. The lowest BCUT2D eigenvalue weighted by Gasteiger charge is -2.04. The number of pyridine rings is 4. The summed E-state index contributed by atoms with van der Waals surface area (Å²) in [6.07, 6.45) is 9.10. The number of aromatic amines is 2. The monoisotopic (exact) mass is 403 g/mol. The summed E-state index contributed by atoms with van der Waals surface area (Å²) in [5.41, 5.74) is 8.34. The van der Waals surface area contributed by atoms with E-state index in [1.54, 1.807) is 18.6 Å². The number of H-pyrrole nitrogens is 2. The minimum atomic E-state index is 0.733. The van der Waals surface area contributed by atoms with Crippen molar-refractivity contribution in [1.82, 2.24) is 35.1 Å². The normalized spacial score (nSPS) is 11.4. The fourth-order valence-electron chi connectivity index (χ4n) is 3.92. The molecule has 0 aliphatic heterocycles. The van der Waals surface area contributed by atoms with Crippen LogP contribution in [0.15, 0.2) is 73.4 Å². The van der Waals surface area contributed by atoms with E-state index in [0.29, 0.717) is 0 Å². The predicted molar refractivity (Wildman–Crippen MR) is 120 cm³/mol. The van der Waals surface area contributed by atoms with E-state index in [0.717, 1.165) is 61.4 Å². The zero-order valence-corrected chi connectivity index (χ0v) is 16.7. The minimum Gasteiger partial charge on any atom is -0.338 e. The van der Waals surface area contributed by atoms with Crippen molar-refractivity contribution in [3.63, 3.8) is 0 Å². The van der Waals surface area contributed by atoms with Gasteiger partial charge in [0.05, 0.1) is 11.4 Å². The molecule has 0 bridgehead atoms. The Morgan fingerprint density at radius 1 is 0.774 bits per heavy atom. The van der Waals surface area contributed by atoms with Gasteiger partial charge in [-0.1, -0.05) is 6.07 Å². The highest BCUT2D eigenvalue weighted by Gasteiger charge is 2.16. The molecule has 0 saturated heterocycles. The Hall–Kier alpha value is -4.39. The quantitative estimate of drug-likeness (QED) is 0.437. The van der Waals surface area contributed by atoms with Crippen molar-refractivity contribution in [3.8, 4) is 33.8 Å². The summed E-state index contributed by atoms with van der Waals surface area (Å²) in [5.74, 6) is 0. The van der Waals surface area contributed by atoms with Crippen LogP contribution in [0.4, 0.5) is 0 Å². The first-order valence-corrected chi connectivity index (χ1v) is 9.92. The van der Waals surface area contributed by atoms with Crippen LogP contribution in [0.5, 0.6) is 0 Å². The van der Waals surface area contributed by atoms with E-state index >= 15 is 0 Å². The summed E-state index contributed by atoms with van der Waals surface area (Å²) < 4.78 is 0. The average molecular weight is 403 g/mol. The van der Waals surface area contributed by atoms with Crippen molar-refractivity contribution in [2.45, 2.75) is 6.92 Å². The molecule has 0 saturated carbocycles. The third-order valence-corrected chi connectivity index (χ3v) is 5.49. The summed E-state index contributed by atoms with van der Waals surface area (Å²) in [6.45, 7) is 2.07. The second-order valence-electron chi connectivity index (χ2n) is 7.40. The highest BCUT2D eigenvalue weighted by atomic mass is 15.2. The first-order chi connectivity index (χ1) is 15.3. The molecule has 0 atom stereocenters. The van der Waals surface area contributed by atoms with Crippen molar-refractivity contribution >= 4 is 22.1 Å². The molecular weight excluding hydrogens is 386 g/mol. The van der Waals surface area contributed by atoms with E-state index in [9.17, 15) is 0 Å². The van der Waals surface area contributed by atoms with E-state index in [2.05, 4.69) is 54.2 Å². The molecule has 0 fully saturated rings. The molecule has 0 aliphatic rings. The Labute approximate surface area is 177 Å². The lowest BCUT2D eigenvalue weighted by Crippen LogP contribution is -1.87. The van der Waals surface area contributed by atoms with Crippen LogP contribution in [0.3, 0.4) is 0 Å². The molecule has 0 spiro atoms. The third-order valence-electron chi connectivity index (χ3n) is 5.49. The van der Waals surface area contributed by atoms with Crippen LogP contribution in [0.2, 0.25) is 0 Å². The Morgan fingerprint density at radius 3 is 2.61 bits per heavy atom. The Morgan fingerprint density at radius 2 is 1.74 bits per heavy atom. The van der Waals surface area contributed by atoms with Gasteiger partial charge in [-0.3, -0.25) is 15.1 Å². The molecule has 7 nitrogen and oxygen atoms in total. The zero-order valence-electron chi connectivity index (χ0n) is 16.7. The Bertz CT molecular complexity index is 1550. The van der Waals surface area contributed by atoms with Crippen molar-refractivity contribution in [2.75, 3.05) is 0 Å². The lowest BCUT2D eigenvalue weighted by atomic mass is 10.0. The van der Waals surface area contributed by atoms with Crippen LogP contribution in [-0.4, -0.2) is 35.1 Å². The van der Waals surface area contributed by atoms with Gasteiger partial charge >= 0.3 is 0 Å². The fourth-order valence-corrected chi connectivity index (χ4v) is 3.92. The number of nitrogens with zero attached hydrogens (tertiary/aromatic N) is 5. The summed E-state index contributed by atoms with van der Waals surface area (Å²) in [5, 5.41) is 9.52. The van der Waals surface area contributed by atoms with Crippen LogP contribution in [0.1, 0.15) is 5.56 Å². The van der Waals surface area contributed by atoms with Gasteiger partial charge in [-0.2, -0.15) is 5.10 Å². The molecule has 148 valence electrons. The molecule has 0 radical (unpaired) electrons. The number of rotatable bonds is 3. The number of hydrogen-bond donors (Lipinski definition) is 2. The second-order valence-corrected chi connectivity index (χ2v) is 7.40. The molecule has 0 aliphatic carbocycles. The molecule has 6 aromatic heterocycles. The molecule has 0 amide bonds. The van der Waals surface area contributed by atoms with Gasteiger partial charge in [0.1, 0.15) is 11.3 Å². The standard InChI is InChI=1S/C24H17N7/c1-14-5-8-25-13-19(14)15-10-18-22(30-31-24(18)28-12-15)21-11-17-16(6-9-27-23(17)29-21)20-4-2-3-7-26-20/h2-13H,1H3,(H,27,29)(H,28,30,31). The Balaban J connectivity index is 1.52. The van der Waals surface area contributed by atoms with E-state index in [4.69, 9.17) is 0 Å². The van der Waals surface area contributed by atoms with Crippen molar-refractivity contribution in [1.29, 1.82) is 0 Å². The summed E-state index contributed by atoms with van der Waals surface area (Å²) in [7, 11) is 0. The zero-order chi connectivity index (χ0) is 20.8. The topological polar surface area (TPSA) is 96.0 Å².